The maximum Gasteiger partial charge on any atom is 0.184 e. The molecular weight excluding hydrogens is 401 g/mol. The van der Waals surface area contributed by atoms with Crippen LogP contribution in [0.1, 0.15) is 10.4 Å². The molecule has 0 fully saturated rings. The molecule has 0 saturated carbocycles. The maximum absolute atomic E-state index is 13.1. The minimum atomic E-state index is -2.37. The first-order valence-corrected chi connectivity index (χ1v) is 11.9. The standard InChI is InChI=1S/C27H24NO2P/c1-30-23-13-11-12-22(20-23)27(29)21-28-31(24-14-5-2-6-15-24,25-16-7-3-8-17-25)26-18-9-4-10-19-26/h2-20H,21H2,1H3. The van der Waals surface area contributed by atoms with Gasteiger partial charge >= 0.3 is 0 Å². The Kier molecular flexibility index (Phi) is 6.45. The lowest BCUT2D eigenvalue weighted by atomic mass is 10.1. The van der Waals surface area contributed by atoms with Crippen molar-refractivity contribution in [3.05, 3.63) is 121 Å². The first-order valence-electron chi connectivity index (χ1n) is 10.2. The summed E-state index contributed by atoms with van der Waals surface area (Å²) in [5, 5.41) is 3.39. The summed E-state index contributed by atoms with van der Waals surface area (Å²) in [7, 11) is -0.772. The highest BCUT2D eigenvalue weighted by Crippen LogP contribution is 2.46. The maximum atomic E-state index is 13.1. The zero-order chi connectivity index (χ0) is 21.5. The Morgan fingerprint density at radius 2 is 1.19 bits per heavy atom. The Hall–Kier alpha value is -3.42. The topological polar surface area (TPSA) is 38.7 Å². The fraction of sp³-hybridized carbons (Fsp3) is 0.0741. The largest absolute Gasteiger partial charge is 0.497 e. The number of rotatable bonds is 7. The molecule has 0 aliphatic rings. The van der Waals surface area contributed by atoms with Crippen LogP contribution in [-0.2, 0) is 0 Å². The summed E-state index contributed by atoms with van der Waals surface area (Å²) in [6, 6.07) is 38.2. The van der Waals surface area contributed by atoms with Gasteiger partial charge in [-0.3, -0.25) is 9.54 Å². The highest BCUT2D eigenvalue weighted by Gasteiger charge is 2.27. The van der Waals surface area contributed by atoms with E-state index in [9.17, 15) is 4.79 Å². The van der Waals surface area contributed by atoms with Crippen LogP contribution in [0.3, 0.4) is 0 Å². The molecule has 0 unspecified atom stereocenters. The number of carbonyl (C=O) groups excluding carboxylic acids is 1. The van der Waals surface area contributed by atoms with Gasteiger partial charge in [-0.05, 0) is 12.1 Å². The third-order valence-electron chi connectivity index (χ3n) is 5.21. The molecular formula is C27H24NO2P. The molecule has 4 aromatic rings. The molecule has 154 valence electrons. The lowest BCUT2D eigenvalue weighted by molar-refractivity contribution is 0.100. The molecule has 4 heteroatoms. The van der Waals surface area contributed by atoms with Crippen LogP contribution in [0.25, 0.3) is 0 Å². The van der Waals surface area contributed by atoms with Crippen molar-refractivity contribution >= 4 is 28.8 Å². The van der Waals surface area contributed by atoms with Gasteiger partial charge in [0.25, 0.3) is 0 Å². The number of methoxy groups -OCH3 is 1. The summed E-state index contributed by atoms with van der Waals surface area (Å²) >= 11 is 0. The molecule has 0 spiro atoms. The summed E-state index contributed by atoms with van der Waals surface area (Å²) in [6.07, 6.45) is 0. The SMILES string of the molecule is COc1cccc(C(=O)CN=P(c2ccccc2)(c2ccccc2)c2ccccc2)c1. The quantitative estimate of drug-likeness (QED) is 0.307. The fourth-order valence-corrected chi connectivity index (χ4v) is 7.22. The second kappa shape index (κ2) is 9.59. The highest BCUT2D eigenvalue weighted by molar-refractivity contribution is 7.87. The zero-order valence-corrected chi connectivity index (χ0v) is 18.3. The van der Waals surface area contributed by atoms with Gasteiger partial charge in [-0.15, -0.1) is 0 Å². The van der Waals surface area contributed by atoms with E-state index in [1.165, 1.54) is 0 Å². The molecule has 0 saturated heterocycles. The van der Waals surface area contributed by atoms with Crippen LogP contribution >= 0.6 is 7.05 Å². The van der Waals surface area contributed by atoms with Crippen molar-refractivity contribution in [1.29, 1.82) is 0 Å². The molecule has 0 radical (unpaired) electrons. The first-order chi connectivity index (χ1) is 15.2. The Bertz CT molecular complexity index is 1100. The Labute approximate surface area is 183 Å². The number of benzene rings is 4. The molecule has 0 N–H and O–H groups in total. The van der Waals surface area contributed by atoms with Crippen molar-refractivity contribution in [3.63, 3.8) is 0 Å². The number of nitrogens with zero attached hydrogens (tertiary/aromatic N) is 1. The van der Waals surface area contributed by atoms with Crippen LogP contribution in [0.4, 0.5) is 0 Å². The van der Waals surface area contributed by atoms with Gasteiger partial charge in [-0.25, -0.2) is 0 Å². The van der Waals surface area contributed by atoms with E-state index < -0.39 is 7.05 Å². The van der Waals surface area contributed by atoms with Crippen LogP contribution in [0.5, 0.6) is 5.75 Å². The molecule has 31 heavy (non-hydrogen) atoms. The highest BCUT2D eigenvalue weighted by atomic mass is 31.2. The van der Waals surface area contributed by atoms with Gasteiger partial charge in [-0.2, -0.15) is 0 Å². The van der Waals surface area contributed by atoms with E-state index in [-0.39, 0.29) is 12.3 Å². The van der Waals surface area contributed by atoms with Crippen molar-refractivity contribution in [1.82, 2.24) is 0 Å². The van der Waals surface area contributed by atoms with Gasteiger partial charge < -0.3 is 4.74 Å². The van der Waals surface area contributed by atoms with E-state index in [0.717, 1.165) is 15.9 Å². The number of carbonyl (C=O) groups is 1. The van der Waals surface area contributed by atoms with Crippen molar-refractivity contribution in [2.24, 2.45) is 4.74 Å². The summed E-state index contributed by atoms with van der Waals surface area (Å²) in [4.78, 5) is 13.1. The average Bonchev–Trinajstić information content (AvgIpc) is 2.86. The van der Waals surface area contributed by atoms with Crippen LogP contribution in [0.2, 0.25) is 0 Å². The predicted octanol–water partition coefficient (Wildman–Crippen LogP) is 5.06. The second-order valence-electron chi connectivity index (χ2n) is 7.10. The zero-order valence-electron chi connectivity index (χ0n) is 17.4. The number of hydrogen-bond acceptors (Lipinski definition) is 3. The van der Waals surface area contributed by atoms with Crippen molar-refractivity contribution in [2.75, 3.05) is 13.7 Å². The lowest BCUT2D eigenvalue weighted by Gasteiger charge is -2.27. The smallest absolute Gasteiger partial charge is 0.184 e. The van der Waals surface area contributed by atoms with Crippen molar-refractivity contribution in [3.8, 4) is 5.75 Å². The fourth-order valence-electron chi connectivity index (χ4n) is 3.68. The third-order valence-corrected chi connectivity index (χ3v) is 8.91. The number of ether oxygens (including phenoxy) is 1. The molecule has 0 aromatic heterocycles. The molecule has 3 nitrogen and oxygen atoms in total. The second-order valence-corrected chi connectivity index (χ2v) is 10.2. The van der Waals surface area contributed by atoms with Gasteiger partial charge in [0.05, 0.1) is 14.2 Å². The minimum absolute atomic E-state index is 0.0222. The summed E-state index contributed by atoms with van der Waals surface area (Å²) in [5.74, 6) is 0.646. The van der Waals surface area contributed by atoms with Gasteiger partial charge in [-0.1, -0.05) is 103 Å². The van der Waals surface area contributed by atoms with E-state index >= 15 is 0 Å². The van der Waals surface area contributed by atoms with E-state index in [0.29, 0.717) is 11.3 Å². The minimum Gasteiger partial charge on any atom is -0.497 e. The summed E-state index contributed by atoms with van der Waals surface area (Å²) in [6.45, 7) is 0.0969. The van der Waals surface area contributed by atoms with E-state index in [4.69, 9.17) is 9.48 Å². The van der Waals surface area contributed by atoms with Gasteiger partial charge in [0.2, 0.25) is 0 Å². The van der Waals surface area contributed by atoms with E-state index in [1.54, 1.807) is 13.2 Å². The molecule has 0 aliphatic carbocycles. The molecule has 0 amide bonds. The van der Waals surface area contributed by atoms with Crippen molar-refractivity contribution in [2.45, 2.75) is 0 Å². The summed E-state index contributed by atoms with van der Waals surface area (Å²) < 4.78 is 10.5. The Balaban J connectivity index is 1.90. The monoisotopic (exact) mass is 425 g/mol. The predicted molar refractivity (Wildman–Crippen MR) is 130 cm³/mol. The molecule has 4 rings (SSSR count). The third kappa shape index (κ3) is 4.38. The lowest BCUT2D eigenvalue weighted by Crippen LogP contribution is -2.26. The number of hydrogen-bond donors (Lipinski definition) is 0. The van der Waals surface area contributed by atoms with Crippen molar-refractivity contribution < 1.29 is 9.53 Å². The summed E-state index contributed by atoms with van der Waals surface area (Å²) in [5.41, 5.74) is 0.607. The molecule has 0 atom stereocenters. The molecule has 0 bridgehead atoms. The Morgan fingerprint density at radius 3 is 1.65 bits per heavy atom. The van der Waals surface area contributed by atoms with E-state index in [2.05, 4.69) is 36.4 Å². The van der Waals surface area contributed by atoms with E-state index in [1.807, 2.05) is 72.8 Å². The molecule has 4 aromatic carbocycles. The Morgan fingerprint density at radius 1 is 0.710 bits per heavy atom. The first kappa shape index (κ1) is 20.8. The molecule has 0 aliphatic heterocycles. The van der Waals surface area contributed by atoms with Gasteiger partial charge in [0.15, 0.2) is 5.78 Å². The van der Waals surface area contributed by atoms with Crippen LogP contribution in [0.15, 0.2) is 120 Å². The average molecular weight is 425 g/mol. The normalized spacial score (nSPS) is 11.0. The van der Waals surface area contributed by atoms with Gasteiger partial charge in [0.1, 0.15) is 12.3 Å². The molecule has 0 heterocycles. The van der Waals surface area contributed by atoms with Crippen LogP contribution in [0, 0.1) is 0 Å². The number of ketones is 1. The van der Waals surface area contributed by atoms with Crippen LogP contribution in [-0.4, -0.2) is 19.4 Å². The van der Waals surface area contributed by atoms with Gasteiger partial charge in [0, 0.05) is 21.5 Å². The number of Topliss-reactive ketones (excluding diaryl/α,β-unsaturated/α-hetero) is 1. The van der Waals surface area contributed by atoms with Crippen LogP contribution < -0.4 is 20.7 Å².